The molecule has 4 nitrogen and oxygen atoms in total. The molecule has 5 atom stereocenters. The zero-order valence-electron chi connectivity index (χ0n) is 15.2. The molecule has 3 fully saturated rings. The standard InChI is InChI=1S/C21H28N2O2/c1-3-14-13-23-10-8-15(14)11-20(23)21(24)17-7-9-22-19-6-5-16(25-4-2)12-18(17)19/h5-7,9,12,14-15,20-21,24H,3-4,8,10-11,13H2,1-2H3/t14-,15-,20+,21-/m1/s1. The van der Waals surface area contributed by atoms with Gasteiger partial charge in [0.15, 0.2) is 0 Å². The fraction of sp³-hybridized carbons (Fsp3) is 0.571. The van der Waals surface area contributed by atoms with E-state index in [-0.39, 0.29) is 6.04 Å². The Hall–Kier alpha value is -1.65. The van der Waals surface area contributed by atoms with Gasteiger partial charge in [0.25, 0.3) is 0 Å². The van der Waals surface area contributed by atoms with Crippen molar-refractivity contribution in [2.24, 2.45) is 11.8 Å². The molecular formula is C21H28N2O2. The number of nitrogens with zero attached hydrogens (tertiary/aromatic N) is 2. The van der Waals surface area contributed by atoms with E-state index in [1.807, 2.05) is 37.4 Å². The predicted molar refractivity (Wildman–Crippen MR) is 99.7 cm³/mol. The van der Waals surface area contributed by atoms with Crippen molar-refractivity contribution in [2.45, 2.75) is 45.3 Å². The number of aliphatic hydroxyl groups excluding tert-OH is 1. The average Bonchev–Trinajstić information content (AvgIpc) is 2.67. The van der Waals surface area contributed by atoms with Crippen LogP contribution in [0.3, 0.4) is 0 Å². The maximum Gasteiger partial charge on any atom is 0.120 e. The second-order valence-electron chi connectivity index (χ2n) is 7.47. The Labute approximate surface area is 149 Å². The second-order valence-corrected chi connectivity index (χ2v) is 7.47. The molecule has 4 heterocycles. The summed E-state index contributed by atoms with van der Waals surface area (Å²) in [6.07, 6.45) is 4.98. The van der Waals surface area contributed by atoms with Crippen LogP contribution >= 0.6 is 0 Å². The molecule has 25 heavy (non-hydrogen) atoms. The van der Waals surface area contributed by atoms with E-state index in [1.54, 1.807) is 0 Å². The highest BCUT2D eigenvalue weighted by Crippen LogP contribution is 2.42. The average molecular weight is 340 g/mol. The third-order valence-corrected chi connectivity index (χ3v) is 6.20. The Morgan fingerprint density at radius 2 is 2.20 bits per heavy atom. The first kappa shape index (κ1) is 16.8. The van der Waals surface area contributed by atoms with Crippen molar-refractivity contribution >= 4 is 10.9 Å². The number of rotatable bonds is 5. The summed E-state index contributed by atoms with van der Waals surface area (Å²) >= 11 is 0. The monoisotopic (exact) mass is 340 g/mol. The molecule has 5 rings (SSSR count). The van der Waals surface area contributed by atoms with Gasteiger partial charge in [0.1, 0.15) is 5.75 Å². The number of hydrogen-bond donors (Lipinski definition) is 1. The molecule has 1 aromatic carbocycles. The first-order chi connectivity index (χ1) is 12.2. The van der Waals surface area contributed by atoms with Crippen LogP contribution in [0.25, 0.3) is 10.9 Å². The quantitative estimate of drug-likeness (QED) is 0.899. The lowest BCUT2D eigenvalue weighted by molar-refractivity contribution is -0.0562. The van der Waals surface area contributed by atoms with Crippen LogP contribution in [-0.4, -0.2) is 40.7 Å². The molecule has 0 saturated carbocycles. The van der Waals surface area contributed by atoms with E-state index in [1.165, 1.54) is 12.8 Å². The highest BCUT2D eigenvalue weighted by Gasteiger charge is 2.42. The summed E-state index contributed by atoms with van der Waals surface area (Å²) in [6.45, 7) is 7.18. The Bertz CT molecular complexity index is 748. The van der Waals surface area contributed by atoms with E-state index in [0.717, 1.165) is 53.6 Å². The van der Waals surface area contributed by atoms with Crippen LogP contribution in [0.15, 0.2) is 30.5 Å². The zero-order valence-corrected chi connectivity index (χ0v) is 15.2. The van der Waals surface area contributed by atoms with Crippen LogP contribution in [0.1, 0.15) is 44.8 Å². The molecule has 0 spiro atoms. The minimum Gasteiger partial charge on any atom is -0.494 e. The van der Waals surface area contributed by atoms with Gasteiger partial charge in [0.2, 0.25) is 0 Å². The lowest BCUT2D eigenvalue weighted by atomic mass is 9.72. The van der Waals surface area contributed by atoms with Gasteiger partial charge in [0, 0.05) is 24.2 Å². The summed E-state index contributed by atoms with van der Waals surface area (Å²) in [5.74, 6) is 2.41. The number of piperidine rings is 3. The van der Waals surface area contributed by atoms with Gasteiger partial charge in [-0.2, -0.15) is 0 Å². The Balaban J connectivity index is 1.66. The topological polar surface area (TPSA) is 45.6 Å². The van der Waals surface area contributed by atoms with Gasteiger partial charge in [-0.05, 0) is 68.0 Å². The van der Waals surface area contributed by atoms with Gasteiger partial charge in [-0.3, -0.25) is 9.88 Å². The van der Waals surface area contributed by atoms with Crippen LogP contribution in [0.4, 0.5) is 0 Å². The minimum atomic E-state index is -0.469. The van der Waals surface area contributed by atoms with Crippen molar-refractivity contribution in [1.29, 1.82) is 0 Å². The molecule has 0 amide bonds. The Morgan fingerprint density at radius 3 is 2.92 bits per heavy atom. The van der Waals surface area contributed by atoms with E-state index in [9.17, 15) is 5.11 Å². The number of aromatic nitrogens is 1. The molecule has 2 bridgehead atoms. The zero-order chi connectivity index (χ0) is 17.4. The molecule has 134 valence electrons. The molecule has 2 aromatic rings. The largest absolute Gasteiger partial charge is 0.494 e. The summed E-state index contributed by atoms with van der Waals surface area (Å²) < 4.78 is 5.65. The number of aliphatic hydroxyl groups is 1. The normalized spacial score (nSPS) is 29.7. The van der Waals surface area contributed by atoms with Crippen LogP contribution in [-0.2, 0) is 0 Å². The van der Waals surface area contributed by atoms with Crippen LogP contribution < -0.4 is 4.74 Å². The van der Waals surface area contributed by atoms with Gasteiger partial charge >= 0.3 is 0 Å². The van der Waals surface area contributed by atoms with Crippen LogP contribution in [0, 0.1) is 11.8 Å². The molecule has 3 saturated heterocycles. The highest BCUT2D eigenvalue weighted by atomic mass is 16.5. The van der Waals surface area contributed by atoms with Crippen molar-refractivity contribution in [3.05, 3.63) is 36.0 Å². The molecule has 1 aromatic heterocycles. The SMILES string of the molecule is CCOc1ccc2nccc([C@@H](O)[C@@H]3C[C@H]4CCN3C[C@H]4CC)c2c1. The number of ether oxygens (including phenoxy) is 1. The number of benzene rings is 1. The van der Waals surface area contributed by atoms with E-state index in [0.29, 0.717) is 6.61 Å². The third kappa shape index (κ3) is 3.02. The number of pyridine rings is 1. The van der Waals surface area contributed by atoms with Gasteiger partial charge in [-0.25, -0.2) is 0 Å². The molecule has 4 heteroatoms. The second kappa shape index (κ2) is 6.93. The van der Waals surface area contributed by atoms with Gasteiger partial charge in [-0.1, -0.05) is 13.3 Å². The molecule has 3 aliphatic heterocycles. The van der Waals surface area contributed by atoms with Gasteiger partial charge in [-0.15, -0.1) is 0 Å². The Kier molecular flexibility index (Phi) is 4.65. The summed E-state index contributed by atoms with van der Waals surface area (Å²) in [4.78, 5) is 6.98. The molecule has 0 aliphatic carbocycles. The minimum absolute atomic E-state index is 0.225. The van der Waals surface area contributed by atoms with Crippen molar-refractivity contribution in [3.8, 4) is 5.75 Å². The number of hydrogen-bond acceptors (Lipinski definition) is 4. The summed E-state index contributed by atoms with van der Waals surface area (Å²) in [5.41, 5.74) is 1.90. The van der Waals surface area contributed by atoms with Gasteiger partial charge in [0.05, 0.1) is 18.2 Å². The van der Waals surface area contributed by atoms with Crippen molar-refractivity contribution < 1.29 is 9.84 Å². The van der Waals surface area contributed by atoms with E-state index in [2.05, 4.69) is 16.8 Å². The Morgan fingerprint density at radius 1 is 1.32 bits per heavy atom. The lowest BCUT2D eigenvalue weighted by Gasteiger charge is -2.51. The smallest absolute Gasteiger partial charge is 0.120 e. The molecular weight excluding hydrogens is 312 g/mol. The molecule has 1 unspecified atom stereocenters. The predicted octanol–water partition coefficient (Wildman–Crippen LogP) is 3.79. The van der Waals surface area contributed by atoms with Crippen molar-refractivity contribution in [3.63, 3.8) is 0 Å². The van der Waals surface area contributed by atoms with E-state index >= 15 is 0 Å². The summed E-state index contributed by atoms with van der Waals surface area (Å²) in [6, 6.07) is 8.16. The van der Waals surface area contributed by atoms with E-state index in [4.69, 9.17) is 4.74 Å². The lowest BCUT2D eigenvalue weighted by Crippen LogP contribution is -2.55. The fourth-order valence-electron chi connectivity index (χ4n) is 4.84. The fourth-order valence-corrected chi connectivity index (χ4v) is 4.84. The highest BCUT2D eigenvalue weighted by molar-refractivity contribution is 5.83. The molecule has 3 aliphatic rings. The molecule has 1 N–H and O–H groups in total. The van der Waals surface area contributed by atoms with Crippen LogP contribution in [0.2, 0.25) is 0 Å². The number of fused-ring (bicyclic) bond motifs is 4. The maximum absolute atomic E-state index is 11.2. The third-order valence-electron chi connectivity index (χ3n) is 6.20. The summed E-state index contributed by atoms with van der Waals surface area (Å²) in [5, 5.41) is 12.2. The van der Waals surface area contributed by atoms with Crippen molar-refractivity contribution in [1.82, 2.24) is 9.88 Å². The first-order valence-electron chi connectivity index (χ1n) is 9.64. The first-order valence-corrected chi connectivity index (χ1v) is 9.64. The van der Waals surface area contributed by atoms with Gasteiger partial charge < -0.3 is 9.84 Å². The molecule has 0 radical (unpaired) electrons. The van der Waals surface area contributed by atoms with Crippen molar-refractivity contribution in [2.75, 3.05) is 19.7 Å². The van der Waals surface area contributed by atoms with Crippen LogP contribution in [0.5, 0.6) is 5.75 Å². The summed E-state index contributed by atoms with van der Waals surface area (Å²) in [7, 11) is 0. The maximum atomic E-state index is 11.2. The van der Waals surface area contributed by atoms with E-state index < -0.39 is 6.10 Å².